The lowest BCUT2D eigenvalue weighted by Crippen LogP contribution is -2.42. The minimum absolute atomic E-state index is 0.464. The molecule has 1 aliphatic heterocycles. The van der Waals surface area contributed by atoms with Gasteiger partial charge in [-0.15, -0.1) is 0 Å². The van der Waals surface area contributed by atoms with Crippen molar-refractivity contribution in [3.63, 3.8) is 0 Å². The minimum atomic E-state index is 0.464. The smallest absolute Gasteiger partial charge is 0.00671 e. The van der Waals surface area contributed by atoms with Gasteiger partial charge in [0.05, 0.1) is 0 Å². The van der Waals surface area contributed by atoms with Crippen molar-refractivity contribution >= 4 is 0 Å². The molecule has 0 saturated carbocycles. The standard InChI is InChI=1S/C11H23N/c1-10-7-5-6-8-12(10)9-11(2,3)4/h10H,5-9H2,1-4H3. The van der Waals surface area contributed by atoms with Crippen LogP contribution in [0.5, 0.6) is 0 Å². The van der Waals surface area contributed by atoms with Gasteiger partial charge in [0.25, 0.3) is 0 Å². The molecule has 1 saturated heterocycles. The van der Waals surface area contributed by atoms with Crippen molar-refractivity contribution in [1.29, 1.82) is 0 Å². The lowest BCUT2D eigenvalue weighted by Gasteiger charge is -2.37. The summed E-state index contributed by atoms with van der Waals surface area (Å²) >= 11 is 0. The summed E-state index contributed by atoms with van der Waals surface area (Å²) < 4.78 is 0. The summed E-state index contributed by atoms with van der Waals surface area (Å²) in [6.45, 7) is 11.9. The number of piperidine rings is 1. The Hall–Kier alpha value is -0.0400. The zero-order valence-electron chi connectivity index (χ0n) is 9.06. The van der Waals surface area contributed by atoms with Gasteiger partial charge in [-0.2, -0.15) is 0 Å². The van der Waals surface area contributed by atoms with Crippen LogP contribution >= 0.6 is 0 Å². The second-order valence-electron chi connectivity index (χ2n) is 5.38. The van der Waals surface area contributed by atoms with Gasteiger partial charge < -0.3 is 4.90 Å². The van der Waals surface area contributed by atoms with E-state index in [-0.39, 0.29) is 0 Å². The quantitative estimate of drug-likeness (QED) is 0.583. The van der Waals surface area contributed by atoms with Gasteiger partial charge in [-0.05, 0) is 31.7 Å². The van der Waals surface area contributed by atoms with Crippen LogP contribution in [0.3, 0.4) is 0 Å². The molecule has 12 heavy (non-hydrogen) atoms. The van der Waals surface area contributed by atoms with E-state index in [1.165, 1.54) is 32.4 Å². The molecule has 0 aliphatic carbocycles. The minimum Gasteiger partial charge on any atom is -0.300 e. The zero-order chi connectivity index (χ0) is 9.19. The maximum Gasteiger partial charge on any atom is 0.00671 e. The van der Waals surface area contributed by atoms with E-state index in [2.05, 4.69) is 32.6 Å². The SMILES string of the molecule is CC1CCCCN1CC(C)(C)C. The topological polar surface area (TPSA) is 3.24 Å². The highest BCUT2D eigenvalue weighted by molar-refractivity contribution is 4.77. The summed E-state index contributed by atoms with van der Waals surface area (Å²) in [6.07, 6.45) is 4.23. The Morgan fingerprint density at radius 1 is 1.25 bits per heavy atom. The highest BCUT2D eigenvalue weighted by Crippen LogP contribution is 2.22. The summed E-state index contributed by atoms with van der Waals surface area (Å²) in [5, 5.41) is 0. The summed E-state index contributed by atoms with van der Waals surface area (Å²) in [6, 6.07) is 0.818. The maximum atomic E-state index is 2.64. The molecular weight excluding hydrogens is 146 g/mol. The molecule has 1 nitrogen and oxygen atoms in total. The van der Waals surface area contributed by atoms with Gasteiger partial charge in [-0.1, -0.05) is 27.2 Å². The van der Waals surface area contributed by atoms with E-state index >= 15 is 0 Å². The van der Waals surface area contributed by atoms with E-state index in [0.717, 1.165) is 6.04 Å². The summed E-state index contributed by atoms with van der Waals surface area (Å²) in [7, 11) is 0. The van der Waals surface area contributed by atoms with Crippen LogP contribution < -0.4 is 0 Å². The molecule has 0 aromatic heterocycles. The van der Waals surface area contributed by atoms with E-state index < -0.39 is 0 Å². The van der Waals surface area contributed by atoms with Gasteiger partial charge in [0.1, 0.15) is 0 Å². The average molecular weight is 169 g/mol. The molecule has 0 spiro atoms. The first kappa shape index (κ1) is 10.0. The number of likely N-dealkylation sites (tertiary alicyclic amines) is 1. The molecule has 1 atom stereocenters. The number of nitrogens with zero attached hydrogens (tertiary/aromatic N) is 1. The first-order valence-corrected chi connectivity index (χ1v) is 5.23. The predicted molar refractivity (Wildman–Crippen MR) is 54.3 cm³/mol. The van der Waals surface area contributed by atoms with Crippen LogP contribution in [-0.4, -0.2) is 24.0 Å². The van der Waals surface area contributed by atoms with E-state index in [1.807, 2.05) is 0 Å². The Morgan fingerprint density at radius 3 is 2.42 bits per heavy atom. The second-order valence-corrected chi connectivity index (χ2v) is 5.38. The van der Waals surface area contributed by atoms with Gasteiger partial charge in [0.15, 0.2) is 0 Å². The molecule has 1 heteroatoms. The fourth-order valence-corrected chi connectivity index (χ4v) is 2.00. The molecule has 1 unspecified atom stereocenters. The van der Waals surface area contributed by atoms with E-state index in [0.29, 0.717) is 5.41 Å². The predicted octanol–water partition coefficient (Wildman–Crippen LogP) is 2.91. The largest absolute Gasteiger partial charge is 0.300 e. The zero-order valence-corrected chi connectivity index (χ0v) is 9.06. The third-order valence-electron chi connectivity index (χ3n) is 2.62. The second kappa shape index (κ2) is 3.78. The van der Waals surface area contributed by atoms with Crippen LogP contribution in [0.4, 0.5) is 0 Å². The first-order chi connectivity index (χ1) is 5.49. The lowest BCUT2D eigenvalue weighted by molar-refractivity contribution is 0.113. The molecule has 0 bridgehead atoms. The molecule has 0 N–H and O–H groups in total. The van der Waals surface area contributed by atoms with Gasteiger partial charge in [-0.25, -0.2) is 0 Å². The van der Waals surface area contributed by atoms with Crippen LogP contribution in [0.15, 0.2) is 0 Å². The number of rotatable bonds is 1. The van der Waals surface area contributed by atoms with Crippen molar-refractivity contribution in [2.24, 2.45) is 5.41 Å². The van der Waals surface area contributed by atoms with Crippen LogP contribution in [0.2, 0.25) is 0 Å². The summed E-state index contributed by atoms with van der Waals surface area (Å²) in [5.74, 6) is 0. The van der Waals surface area contributed by atoms with E-state index in [1.54, 1.807) is 0 Å². The Balaban J connectivity index is 2.39. The van der Waals surface area contributed by atoms with E-state index in [4.69, 9.17) is 0 Å². The molecular formula is C11H23N. The van der Waals surface area contributed by atoms with Gasteiger partial charge in [-0.3, -0.25) is 0 Å². The third-order valence-corrected chi connectivity index (χ3v) is 2.62. The highest BCUT2D eigenvalue weighted by atomic mass is 15.2. The maximum absolute atomic E-state index is 2.64. The van der Waals surface area contributed by atoms with Crippen LogP contribution in [0, 0.1) is 5.41 Å². The fraction of sp³-hybridized carbons (Fsp3) is 1.00. The molecule has 0 radical (unpaired) electrons. The average Bonchev–Trinajstić information content (AvgIpc) is 1.91. The number of hydrogen-bond acceptors (Lipinski definition) is 1. The normalized spacial score (nSPS) is 27.5. The van der Waals surface area contributed by atoms with Crippen molar-refractivity contribution in [3.8, 4) is 0 Å². The van der Waals surface area contributed by atoms with Crippen LogP contribution in [-0.2, 0) is 0 Å². The van der Waals surface area contributed by atoms with Crippen molar-refractivity contribution in [1.82, 2.24) is 4.90 Å². The molecule has 0 aromatic carbocycles. The monoisotopic (exact) mass is 169 g/mol. The Labute approximate surface area is 77.1 Å². The Morgan fingerprint density at radius 2 is 1.92 bits per heavy atom. The number of hydrogen-bond donors (Lipinski definition) is 0. The Bertz CT molecular complexity index is 134. The molecule has 0 amide bonds. The van der Waals surface area contributed by atoms with Crippen molar-refractivity contribution < 1.29 is 0 Å². The molecule has 1 rings (SSSR count). The Kier molecular flexibility index (Phi) is 3.16. The molecule has 1 fully saturated rings. The van der Waals surface area contributed by atoms with Gasteiger partial charge >= 0.3 is 0 Å². The lowest BCUT2D eigenvalue weighted by atomic mass is 9.93. The molecule has 1 aliphatic rings. The first-order valence-electron chi connectivity index (χ1n) is 5.23. The molecule has 72 valence electrons. The van der Waals surface area contributed by atoms with Crippen molar-refractivity contribution in [3.05, 3.63) is 0 Å². The van der Waals surface area contributed by atoms with Crippen LogP contribution in [0.25, 0.3) is 0 Å². The molecule has 0 aromatic rings. The summed E-state index contributed by atoms with van der Waals surface area (Å²) in [4.78, 5) is 2.64. The summed E-state index contributed by atoms with van der Waals surface area (Å²) in [5.41, 5.74) is 0.464. The van der Waals surface area contributed by atoms with Gasteiger partial charge in [0, 0.05) is 12.6 Å². The van der Waals surface area contributed by atoms with Crippen molar-refractivity contribution in [2.75, 3.05) is 13.1 Å². The van der Waals surface area contributed by atoms with Crippen LogP contribution in [0.1, 0.15) is 47.0 Å². The molecule has 1 heterocycles. The van der Waals surface area contributed by atoms with Crippen molar-refractivity contribution in [2.45, 2.75) is 53.0 Å². The fourth-order valence-electron chi connectivity index (χ4n) is 2.00. The van der Waals surface area contributed by atoms with Gasteiger partial charge in [0.2, 0.25) is 0 Å². The third kappa shape index (κ3) is 3.14. The van der Waals surface area contributed by atoms with E-state index in [9.17, 15) is 0 Å². The highest BCUT2D eigenvalue weighted by Gasteiger charge is 2.22.